The van der Waals surface area contributed by atoms with Crippen LogP contribution in [-0.4, -0.2) is 66.6 Å². The number of fused-ring (bicyclic) bond motifs is 1. The Kier molecular flexibility index (Phi) is 5.46. The minimum atomic E-state index is -3.60. The van der Waals surface area contributed by atoms with Crippen LogP contribution in [0.15, 0.2) is 29.2 Å². The van der Waals surface area contributed by atoms with E-state index >= 15 is 0 Å². The van der Waals surface area contributed by atoms with Crippen molar-refractivity contribution < 1.29 is 17.9 Å². The van der Waals surface area contributed by atoms with Gasteiger partial charge >= 0.3 is 0 Å². The molecule has 2 aliphatic heterocycles. The van der Waals surface area contributed by atoms with Crippen LogP contribution in [0.3, 0.4) is 0 Å². The first kappa shape index (κ1) is 20.1. The number of aryl methyl sites for hydroxylation is 1. The van der Waals surface area contributed by atoms with Crippen LogP contribution in [0.1, 0.15) is 40.2 Å². The van der Waals surface area contributed by atoms with E-state index in [-0.39, 0.29) is 16.8 Å². The first-order valence-electron chi connectivity index (χ1n) is 9.84. The average Bonchev–Trinajstić information content (AvgIpc) is 3.36. The molecule has 156 valence electrons. The van der Waals surface area contributed by atoms with Crippen LogP contribution in [0.25, 0.3) is 0 Å². The predicted molar refractivity (Wildman–Crippen MR) is 107 cm³/mol. The molecule has 1 saturated heterocycles. The molecule has 2 aliphatic rings. The fraction of sp³-hybridized carbons (Fsp3) is 0.500. The van der Waals surface area contributed by atoms with Gasteiger partial charge in [-0.3, -0.25) is 9.89 Å². The monoisotopic (exact) mass is 418 g/mol. The van der Waals surface area contributed by atoms with Crippen LogP contribution >= 0.6 is 0 Å². The van der Waals surface area contributed by atoms with E-state index in [0.29, 0.717) is 38.4 Å². The van der Waals surface area contributed by atoms with Gasteiger partial charge < -0.3 is 9.64 Å². The number of benzene rings is 1. The van der Waals surface area contributed by atoms with Gasteiger partial charge in [-0.05, 0) is 55.5 Å². The van der Waals surface area contributed by atoms with Gasteiger partial charge in [0.15, 0.2) is 0 Å². The summed E-state index contributed by atoms with van der Waals surface area (Å²) in [5.74, 6) is -0.145. The number of sulfonamides is 1. The molecule has 1 fully saturated rings. The molecule has 0 radical (unpaired) electrons. The molecule has 1 atom stereocenters. The number of nitrogens with zero attached hydrogens (tertiary/aromatic N) is 3. The summed E-state index contributed by atoms with van der Waals surface area (Å²) in [5, 5.41) is 6.84. The number of H-pyrrole nitrogens is 1. The van der Waals surface area contributed by atoms with Crippen LogP contribution in [0.5, 0.6) is 0 Å². The minimum absolute atomic E-state index is 0.123. The number of methoxy groups -OCH3 is 1. The molecule has 1 unspecified atom stereocenters. The molecule has 1 N–H and O–H groups in total. The van der Waals surface area contributed by atoms with E-state index in [2.05, 4.69) is 10.2 Å². The molecule has 0 spiro atoms. The van der Waals surface area contributed by atoms with E-state index in [0.717, 1.165) is 29.7 Å². The van der Waals surface area contributed by atoms with E-state index in [1.807, 2.05) is 13.0 Å². The Bertz CT molecular complexity index is 1020. The zero-order chi connectivity index (χ0) is 20.6. The van der Waals surface area contributed by atoms with E-state index in [1.54, 1.807) is 34.5 Å². The molecule has 1 amide bonds. The number of aromatic amines is 1. The number of nitrogens with one attached hydrogen (secondary N) is 1. The summed E-state index contributed by atoms with van der Waals surface area (Å²) >= 11 is 0. The Morgan fingerprint density at radius 2 is 2.10 bits per heavy atom. The average molecular weight is 419 g/mol. The van der Waals surface area contributed by atoms with Gasteiger partial charge in [0.05, 0.1) is 11.5 Å². The Hall–Kier alpha value is -2.23. The van der Waals surface area contributed by atoms with Crippen molar-refractivity contribution in [1.29, 1.82) is 0 Å². The summed E-state index contributed by atoms with van der Waals surface area (Å²) in [6.45, 7) is 3.73. The standard InChI is InChI=1S/C20H26N4O4S/c1-14-10-19(22-21-14)20(25)23-9-7-15-5-6-18(11-16(15)12-23)29(26,27)24-8-3-4-17(24)13-28-2/h5-6,10-11,17H,3-4,7-9,12-13H2,1-2H3,(H,21,22). The molecular weight excluding hydrogens is 392 g/mol. The van der Waals surface area contributed by atoms with Gasteiger partial charge in [-0.1, -0.05) is 6.07 Å². The SMILES string of the molecule is COCC1CCCN1S(=O)(=O)c1ccc2c(c1)CN(C(=O)c1cc(C)[nH]n1)CC2. The van der Waals surface area contributed by atoms with Gasteiger partial charge in [0.25, 0.3) is 5.91 Å². The van der Waals surface area contributed by atoms with Crippen molar-refractivity contribution >= 4 is 15.9 Å². The van der Waals surface area contributed by atoms with Crippen molar-refractivity contribution in [3.8, 4) is 0 Å². The maximum absolute atomic E-state index is 13.2. The van der Waals surface area contributed by atoms with Gasteiger partial charge in [0.1, 0.15) is 5.69 Å². The molecule has 2 aromatic rings. The minimum Gasteiger partial charge on any atom is -0.383 e. The molecule has 0 bridgehead atoms. The second kappa shape index (κ2) is 7.89. The molecule has 29 heavy (non-hydrogen) atoms. The molecule has 0 aliphatic carbocycles. The number of amides is 1. The second-order valence-electron chi connectivity index (χ2n) is 7.71. The van der Waals surface area contributed by atoms with E-state index < -0.39 is 10.0 Å². The van der Waals surface area contributed by atoms with Crippen molar-refractivity contribution in [2.45, 2.75) is 43.7 Å². The van der Waals surface area contributed by atoms with Crippen molar-refractivity contribution in [1.82, 2.24) is 19.4 Å². The van der Waals surface area contributed by atoms with Gasteiger partial charge in [-0.2, -0.15) is 9.40 Å². The van der Waals surface area contributed by atoms with E-state index in [4.69, 9.17) is 4.74 Å². The number of carbonyl (C=O) groups excluding carboxylic acids is 1. The molecule has 1 aromatic carbocycles. The van der Waals surface area contributed by atoms with Crippen molar-refractivity contribution in [3.05, 3.63) is 46.8 Å². The fourth-order valence-corrected chi connectivity index (χ4v) is 5.91. The lowest BCUT2D eigenvalue weighted by Gasteiger charge is -2.29. The maximum Gasteiger partial charge on any atom is 0.274 e. The van der Waals surface area contributed by atoms with Crippen LogP contribution in [-0.2, 0) is 27.7 Å². The third-order valence-electron chi connectivity index (χ3n) is 5.69. The highest BCUT2D eigenvalue weighted by Gasteiger charge is 2.36. The summed E-state index contributed by atoms with van der Waals surface area (Å²) in [4.78, 5) is 14.7. The highest BCUT2D eigenvalue weighted by molar-refractivity contribution is 7.89. The lowest BCUT2D eigenvalue weighted by molar-refractivity contribution is 0.0728. The lowest BCUT2D eigenvalue weighted by Crippen LogP contribution is -2.38. The van der Waals surface area contributed by atoms with Gasteiger partial charge in [0.2, 0.25) is 10.0 Å². The van der Waals surface area contributed by atoms with Crippen LogP contribution in [0.2, 0.25) is 0 Å². The summed E-state index contributed by atoms with van der Waals surface area (Å²) in [6, 6.07) is 6.89. The maximum atomic E-state index is 13.2. The van der Waals surface area contributed by atoms with Crippen LogP contribution in [0.4, 0.5) is 0 Å². The van der Waals surface area contributed by atoms with Crippen LogP contribution < -0.4 is 0 Å². The van der Waals surface area contributed by atoms with Crippen molar-refractivity contribution in [3.63, 3.8) is 0 Å². The third-order valence-corrected chi connectivity index (χ3v) is 7.64. The number of aromatic nitrogens is 2. The highest BCUT2D eigenvalue weighted by Crippen LogP contribution is 2.29. The first-order chi connectivity index (χ1) is 13.9. The largest absolute Gasteiger partial charge is 0.383 e. The summed E-state index contributed by atoms with van der Waals surface area (Å²) in [6.07, 6.45) is 2.34. The predicted octanol–water partition coefficient (Wildman–Crippen LogP) is 1.72. The topological polar surface area (TPSA) is 95.6 Å². The molecule has 9 heteroatoms. The van der Waals surface area contributed by atoms with Crippen molar-refractivity contribution in [2.75, 3.05) is 26.8 Å². The number of hydrogen-bond acceptors (Lipinski definition) is 5. The Morgan fingerprint density at radius 1 is 1.28 bits per heavy atom. The molecule has 0 saturated carbocycles. The third kappa shape index (κ3) is 3.82. The summed E-state index contributed by atoms with van der Waals surface area (Å²) in [7, 11) is -2.01. The Labute approximate surface area is 170 Å². The summed E-state index contributed by atoms with van der Waals surface area (Å²) in [5.41, 5.74) is 3.17. The molecule has 8 nitrogen and oxygen atoms in total. The first-order valence-corrected chi connectivity index (χ1v) is 11.3. The fourth-order valence-electron chi connectivity index (χ4n) is 4.18. The zero-order valence-corrected chi connectivity index (χ0v) is 17.5. The molecule has 3 heterocycles. The highest BCUT2D eigenvalue weighted by atomic mass is 32.2. The second-order valence-corrected chi connectivity index (χ2v) is 9.60. The number of ether oxygens (including phenoxy) is 1. The number of carbonyl (C=O) groups is 1. The zero-order valence-electron chi connectivity index (χ0n) is 16.7. The van der Waals surface area contributed by atoms with E-state index in [9.17, 15) is 13.2 Å². The normalized spacial score (nSPS) is 20.1. The van der Waals surface area contributed by atoms with Crippen LogP contribution in [0, 0.1) is 6.92 Å². The molecular formula is C20H26N4O4S. The number of hydrogen-bond donors (Lipinski definition) is 1. The van der Waals surface area contributed by atoms with Crippen molar-refractivity contribution in [2.24, 2.45) is 0 Å². The smallest absolute Gasteiger partial charge is 0.274 e. The number of rotatable bonds is 5. The van der Waals surface area contributed by atoms with Gasteiger partial charge in [-0.15, -0.1) is 0 Å². The van der Waals surface area contributed by atoms with Gasteiger partial charge in [-0.25, -0.2) is 8.42 Å². The Balaban J connectivity index is 1.58. The summed E-state index contributed by atoms with van der Waals surface area (Å²) < 4.78 is 33.2. The molecule has 4 rings (SSSR count). The van der Waals surface area contributed by atoms with Gasteiger partial charge in [0, 0.05) is 38.5 Å². The van der Waals surface area contributed by atoms with E-state index in [1.165, 1.54) is 0 Å². The lowest BCUT2D eigenvalue weighted by atomic mass is 9.99. The molecule has 1 aromatic heterocycles. The quantitative estimate of drug-likeness (QED) is 0.798. The Morgan fingerprint density at radius 3 is 2.83 bits per heavy atom.